The van der Waals surface area contributed by atoms with Crippen molar-refractivity contribution < 1.29 is 4.79 Å². The van der Waals surface area contributed by atoms with Gasteiger partial charge >= 0.3 is 0 Å². The van der Waals surface area contributed by atoms with Gasteiger partial charge in [-0.3, -0.25) is 4.79 Å². The molecule has 3 heteroatoms. The number of hydrogen-bond acceptors (Lipinski definition) is 2. The third-order valence-electron chi connectivity index (χ3n) is 4.20. The lowest BCUT2D eigenvalue weighted by Crippen LogP contribution is -2.27. The Bertz CT molecular complexity index is 799. The highest BCUT2D eigenvalue weighted by Crippen LogP contribution is 2.19. The molecule has 132 valence electrons. The molecule has 0 bridgehead atoms. The van der Waals surface area contributed by atoms with Crippen LogP contribution in [0.2, 0.25) is 0 Å². The molecule has 3 aromatic rings. The summed E-state index contributed by atoms with van der Waals surface area (Å²) >= 11 is 0. The minimum atomic E-state index is 0.0668. The second kappa shape index (κ2) is 9.42. The van der Waals surface area contributed by atoms with Crippen LogP contribution in [0, 0.1) is 0 Å². The van der Waals surface area contributed by atoms with Crippen molar-refractivity contribution in [3.63, 3.8) is 0 Å². The molecule has 2 N–H and O–H groups in total. The van der Waals surface area contributed by atoms with Crippen LogP contribution in [0.3, 0.4) is 0 Å². The average Bonchev–Trinajstić information content (AvgIpc) is 2.70. The summed E-state index contributed by atoms with van der Waals surface area (Å²) in [6, 6.07) is 28.5. The van der Waals surface area contributed by atoms with Crippen LogP contribution in [-0.4, -0.2) is 19.0 Å². The van der Waals surface area contributed by atoms with Gasteiger partial charge in [-0.2, -0.15) is 0 Å². The van der Waals surface area contributed by atoms with Gasteiger partial charge in [0, 0.05) is 18.8 Å². The molecule has 3 nitrogen and oxygen atoms in total. The topological polar surface area (TPSA) is 41.1 Å². The highest BCUT2D eigenvalue weighted by atomic mass is 16.1. The molecular weight excluding hydrogens is 320 g/mol. The minimum Gasteiger partial charge on any atom is -0.385 e. The fourth-order valence-electron chi connectivity index (χ4n) is 2.80. The van der Waals surface area contributed by atoms with Crippen molar-refractivity contribution in [2.24, 2.45) is 0 Å². The lowest BCUT2D eigenvalue weighted by Gasteiger charge is -2.08. The number of benzene rings is 3. The minimum absolute atomic E-state index is 0.0668. The summed E-state index contributed by atoms with van der Waals surface area (Å²) in [6.07, 6.45) is 1.31. The molecule has 0 aliphatic rings. The van der Waals surface area contributed by atoms with E-state index in [-0.39, 0.29) is 5.91 Å². The number of nitrogens with one attached hydrogen (secondary N) is 2. The Morgan fingerprint density at radius 2 is 1.31 bits per heavy atom. The van der Waals surface area contributed by atoms with E-state index in [4.69, 9.17) is 0 Å². The van der Waals surface area contributed by atoms with E-state index < -0.39 is 0 Å². The maximum Gasteiger partial charge on any atom is 0.224 e. The highest BCUT2D eigenvalue weighted by molar-refractivity contribution is 5.78. The molecule has 3 rings (SSSR count). The van der Waals surface area contributed by atoms with Gasteiger partial charge in [0.2, 0.25) is 5.91 Å². The van der Waals surface area contributed by atoms with E-state index in [1.807, 2.05) is 60.7 Å². The molecule has 0 aromatic heterocycles. The normalized spacial score (nSPS) is 10.3. The number of para-hydroxylation sites is 1. The van der Waals surface area contributed by atoms with Crippen molar-refractivity contribution >= 4 is 11.6 Å². The van der Waals surface area contributed by atoms with Gasteiger partial charge in [-0.15, -0.1) is 0 Å². The highest BCUT2D eigenvalue weighted by Gasteiger charge is 2.03. The summed E-state index contributed by atoms with van der Waals surface area (Å²) in [7, 11) is 0. The van der Waals surface area contributed by atoms with Crippen molar-refractivity contribution in [3.05, 3.63) is 90.5 Å². The average molecular weight is 344 g/mol. The molecule has 0 heterocycles. The molecule has 0 spiro atoms. The number of carbonyl (C=O) groups excluding carboxylic acids is 1. The SMILES string of the molecule is O=C(Cc1ccc(-c2ccccc2)cc1)NCCCNc1ccccc1. The van der Waals surface area contributed by atoms with Crippen LogP contribution in [0.25, 0.3) is 11.1 Å². The van der Waals surface area contributed by atoms with Gasteiger partial charge < -0.3 is 10.6 Å². The van der Waals surface area contributed by atoms with E-state index >= 15 is 0 Å². The summed E-state index contributed by atoms with van der Waals surface area (Å²) in [4.78, 5) is 12.1. The monoisotopic (exact) mass is 344 g/mol. The molecule has 0 aliphatic heterocycles. The van der Waals surface area contributed by atoms with Gasteiger partial charge in [-0.25, -0.2) is 0 Å². The quantitative estimate of drug-likeness (QED) is 0.590. The molecule has 26 heavy (non-hydrogen) atoms. The lowest BCUT2D eigenvalue weighted by atomic mass is 10.0. The Morgan fingerprint density at radius 1 is 0.692 bits per heavy atom. The molecule has 0 fully saturated rings. The Hall–Kier alpha value is -3.07. The third kappa shape index (κ3) is 5.49. The van der Waals surface area contributed by atoms with Crippen LogP contribution in [0.5, 0.6) is 0 Å². The van der Waals surface area contributed by atoms with E-state index in [0.29, 0.717) is 13.0 Å². The maximum atomic E-state index is 12.1. The first kappa shape index (κ1) is 17.7. The predicted molar refractivity (Wildman–Crippen MR) is 108 cm³/mol. The molecule has 0 saturated carbocycles. The van der Waals surface area contributed by atoms with Crippen LogP contribution in [0.4, 0.5) is 5.69 Å². The van der Waals surface area contributed by atoms with Gasteiger partial charge in [-0.05, 0) is 35.2 Å². The van der Waals surface area contributed by atoms with Gasteiger partial charge in [-0.1, -0.05) is 72.8 Å². The number of carbonyl (C=O) groups is 1. The zero-order chi connectivity index (χ0) is 18.0. The molecule has 1 amide bonds. The maximum absolute atomic E-state index is 12.1. The second-order valence-corrected chi connectivity index (χ2v) is 6.24. The van der Waals surface area contributed by atoms with Crippen molar-refractivity contribution in [2.45, 2.75) is 12.8 Å². The van der Waals surface area contributed by atoms with Crippen LogP contribution >= 0.6 is 0 Å². The van der Waals surface area contributed by atoms with Crippen LogP contribution in [0.1, 0.15) is 12.0 Å². The fraction of sp³-hybridized carbons (Fsp3) is 0.174. The van der Waals surface area contributed by atoms with E-state index in [2.05, 4.69) is 34.9 Å². The first-order valence-electron chi connectivity index (χ1n) is 9.01. The van der Waals surface area contributed by atoms with E-state index in [1.165, 1.54) is 11.1 Å². The fourth-order valence-corrected chi connectivity index (χ4v) is 2.80. The number of anilines is 1. The standard InChI is InChI=1S/C23H24N2O/c26-23(25-17-7-16-24-22-10-5-2-6-11-22)18-19-12-14-21(15-13-19)20-8-3-1-4-9-20/h1-6,8-15,24H,7,16-18H2,(H,25,26). The Morgan fingerprint density at radius 3 is 2.00 bits per heavy atom. The smallest absolute Gasteiger partial charge is 0.224 e. The van der Waals surface area contributed by atoms with Crippen molar-refractivity contribution in [1.82, 2.24) is 5.32 Å². The number of hydrogen-bond donors (Lipinski definition) is 2. The molecule has 0 saturated heterocycles. The summed E-state index contributed by atoms with van der Waals surface area (Å²) in [5.41, 5.74) is 4.50. The van der Waals surface area contributed by atoms with E-state index in [0.717, 1.165) is 24.2 Å². The van der Waals surface area contributed by atoms with Crippen LogP contribution < -0.4 is 10.6 Å². The van der Waals surface area contributed by atoms with E-state index in [9.17, 15) is 4.79 Å². The summed E-state index contributed by atoms with van der Waals surface area (Å²) in [6.45, 7) is 1.52. The van der Waals surface area contributed by atoms with Crippen molar-refractivity contribution in [3.8, 4) is 11.1 Å². The lowest BCUT2D eigenvalue weighted by molar-refractivity contribution is -0.120. The van der Waals surface area contributed by atoms with Crippen LogP contribution in [-0.2, 0) is 11.2 Å². The zero-order valence-electron chi connectivity index (χ0n) is 14.8. The largest absolute Gasteiger partial charge is 0.385 e. The molecule has 0 unspecified atom stereocenters. The molecule has 3 aromatic carbocycles. The Labute approximate surface area is 155 Å². The predicted octanol–water partition coefficient (Wildman–Crippen LogP) is 4.51. The number of rotatable bonds is 8. The summed E-state index contributed by atoms with van der Waals surface area (Å²) < 4.78 is 0. The molecular formula is C23H24N2O. The number of amides is 1. The molecule has 0 radical (unpaired) electrons. The van der Waals surface area contributed by atoms with Gasteiger partial charge in [0.15, 0.2) is 0 Å². The Balaban J connectivity index is 1.38. The first-order chi connectivity index (χ1) is 12.8. The van der Waals surface area contributed by atoms with Crippen molar-refractivity contribution in [1.29, 1.82) is 0 Å². The Kier molecular flexibility index (Phi) is 6.43. The van der Waals surface area contributed by atoms with Gasteiger partial charge in [0.25, 0.3) is 0 Å². The molecule has 0 aliphatic carbocycles. The zero-order valence-corrected chi connectivity index (χ0v) is 14.8. The third-order valence-corrected chi connectivity index (χ3v) is 4.20. The molecule has 0 atom stereocenters. The second-order valence-electron chi connectivity index (χ2n) is 6.24. The van der Waals surface area contributed by atoms with Crippen molar-refractivity contribution in [2.75, 3.05) is 18.4 Å². The van der Waals surface area contributed by atoms with Gasteiger partial charge in [0.05, 0.1) is 6.42 Å². The summed E-state index contributed by atoms with van der Waals surface area (Å²) in [5.74, 6) is 0.0668. The summed E-state index contributed by atoms with van der Waals surface area (Å²) in [5, 5.41) is 6.32. The van der Waals surface area contributed by atoms with Gasteiger partial charge in [0.1, 0.15) is 0 Å². The van der Waals surface area contributed by atoms with E-state index in [1.54, 1.807) is 0 Å². The first-order valence-corrected chi connectivity index (χ1v) is 9.01. The van der Waals surface area contributed by atoms with Crippen LogP contribution in [0.15, 0.2) is 84.9 Å².